The Kier molecular flexibility index (Phi) is 17.0. The molecule has 4 heterocycles. The van der Waals surface area contributed by atoms with E-state index in [4.69, 9.17) is 67.5 Å². The lowest BCUT2D eigenvalue weighted by Gasteiger charge is -2.24. The molecule has 0 saturated carbocycles. The van der Waals surface area contributed by atoms with Gasteiger partial charge in [-0.15, -0.1) is 0 Å². The van der Waals surface area contributed by atoms with E-state index in [2.05, 4.69) is 20.2 Å². The van der Waals surface area contributed by atoms with E-state index in [1.807, 2.05) is 13.8 Å². The van der Waals surface area contributed by atoms with Crippen LogP contribution in [0.2, 0.25) is 25.1 Å². The summed E-state index contributed by atoms with van der Waals surface area (Å²) in [5.41, 5.74) is 0.813. The summed E-state index contributed by atoms with van der Waals surface area (Å²) in [5, 5.41) is 5.48. The van der Waals surface area contributed by atoms with E-state index in [-0.39, 0.29) is 23.8 Å². The fourth-order valence-corrected chi connectivity index (χ4v) is 5.50. The minimum atomic E-state index is -0.0960. The second-order valence-electron chi connectivity index (χ2n) is 9.37. The molecule has 4 rings (SSSR count). The van der Waals surface area contributed by atoms with Gasteiger partial charge in [0.15, 0.2) is 0 Å². The normalized spacial score (nSPS) is 18.9. The van der Waals surface area contributed by atoms with Crippen molar-refractivity contribution in [3.63, 3.8) is 0 Å². The number of esters is 2. The summed E-state index contributed by atoms with van der Waals surface area (Å²) < 4.78 is 10.1. The summed E-state index contributed by atoms with van der Waals surface area (Å²) in [6, 6.07) is 0. The molecule has 2 aliphatic heterocycles. The molecule has 0 spiro atoms. The highest BCUT2D eigenvalue weighted by Gasteiger charge is 2.26. The van der Waals surface area contributed by atoms with Gasteiger partial charge in [-0.05, 0) is 65.5 Å². The number of nitrogens with one attached hydrogen (secondary N) is 1. The predicted molar refractivity (Wildman–Crippen MR) is 167 cm³/mol. The van der Waals surface area contributed by atoms with Gasteiger partial charge in [0.1, 0.15) is 0 Å². The van der Waals surface area contributed by atoms with Gasteiger partial charge in [-0.3, -0.25) is 19.6 Å². The Labute approximate surface area is 267 Å². The van der Waals surface area contributed by atoms with Crippen LogP contribution in [0.25, 0.3) is 0 Å². The molecule has 2 fully saturated rings. The number of hydrogen-bond donors (Lipinski definition) is 1. The van der Waals surface area contributed by atoms with Crippen molar-refractivity contribution in [2.45, 2.75) is 52.4 Å². The first kappa shape index (κ1) is 35.6. The first-order valence-electron chi connectivity index (χ1n) is 13.7. The molecule has 2 aromatic rings. The Morgan fingerprint density at radius 1 is 0.756 bits per heavy atom. The van der Waals surface area contributed by atoms with Crippen molar-refractivity contribution in [1.29, 1.82) is 0 Å². The van der Waals surface area contributed by atoms with E-state index < -0.39 is 0 Å². The van der Waals surface area contributed by atoms with E-state index in [9.17, 15) is 9.59 Å². The van der Waals surface area contributed by atoms with Gasteiger partial charge in [0.25, 0.3) is 0 Å². The molecule has 228 valence electrons. The van der Waals surface area contributed by atoms with Crippen molar-refractivity contribution in [2.75, 3.05) is 44.3 Å². The van der Waals surface area contributed by atoms with Gasteiger partial charge in [0, 0.05) is 37.9 Å². The van der Waals surface area contributed by atoms with Crippen LogP contribution in [0.5, 0.6) is 0 Å². The summed E-state index contributed by atoms with van der Waals surface area (Å²) in [6.07, 6.45) is 11.6. The second-order valence-corrected chi connectivity index (χ2v) is 11.4. The number of carbonyl (C=O) groups is 2. The smallest absolute Gasteiger partial charge is 0.308 e. The van der Waals surface area contributed by atoms with Crippen LogP contribution >= 0.6 is 58.0 Å². The molecule has 0 aliphatic carbocycles. The number of hydrogen-bond acceptors (Lipinski definition) is 8. The van der Waals surface area contributed by atoms with Crippen LogP contribution in [-0.2, 0) is 19.1 Å². The van der Waals surface area contributed by atoms with E-state index in [0.29, 0.717) is 38.3 Å². The number of aromatic nitrogens is 2. The molecule has 8 nitrogen and oxygen atoms in total. The maximum absolute atomic E-state index is 11.8. The Bertz CT molecular complexity index is 1060. The van der Waals surface area contributed by atoms with Gasteiger partial charge in [-0.1, -0.05) is 58.0 Å². The molecule has 0 radical (unpaired) electrons. The lowest BCUT2D eigenvalue weighted by Crippen LogP contribution is -2.26. The summed E-state index contributed by atoms with van der Waals surface area (Å²) >= 11 is 29.0. The minimum Gasteiger partial charge on any atom is -0.466 e. The van der Waals surface area contributed by atoms with Crippen LogP contribution < -0.4 is 10.2 Å². The van der Waals surface area contributed by atoms with E-state index in [1.165, 1.54) is 12.4 Å². The lowest BCUT2D eigenvalue weighted by molar-refractivity contribution is -0.149. The molecular weight excluding hydrogens is 634 g/mol. The minimum absolute atomic E-state index is 0.0128. The fraction of sp³-hybridized carbons (Fsp3) is 0.571. The van der Waals surface area contributed by atoms with Gasteiger partial charge >= 0.3 is 11.9 Å². The summed E-state index contributed by atoms with van der Waals surface area (Å²) in [7, 11) is 0. The Morgan fingerprint density at radius 3 is 1.80 bits per heavy atom. The summed E-state index contributed by atoms with van der Waals surface area (Å²) in [5.74, 6) is 0.00163. The van der Waals surface area contributed by atoms with Crippen molar-refractivity contribution < 1.29 is 19.1 Å². The molecule has 2 saturated heterocycles. The zero-order valence-corrected chi connectivity index (χ0v) is 27.1. The molecule has 41 heavy (non-hydrogen) atoms. The standard InChI is InChI=1S/C14H18Cl2N2O2.C9H17NO2.C5H2Cl3N/c1-2-20-14(19)10-4-3-6-18(7-5-10)13-11(15)8-17-9-12(13)16;1-2-12-9(11)8-4-3-6-10-7-5-8;6-3-1-9-2-4(7)5(3)8/h8-10H,2-7H2,1H3;8,10H,2-7H2,1H3;1-2H. The number of ether oxygens (including phenoxy) is 2. The van der Waals surface area contributed by atoms with E-state index in [0.717, 1.165) is 70.4 Å². The van der Waals surface area contributed by atoms with Crippen molar-refractivity contribution in [1.82, 2.24) is 15.3 Å². The highest BCUT2D eigenvalue weighted by atomic mass is 35.5. The highest BCUT2D eigenvalue weighted by molar-refractivity contribution is 6.47. The van der Waals surface area contributed by atoms with Gasteiger partial charge in [-0.25, -0.2) is 0 Å². The first-order chi connectivity index (χ1) is 19.7. The van der Waals surface area contributed by atoms with Crippen LogP contribution in [0.15, 0.2) is 24.8 Å². The van der Waals surface area contributed by atoms with Crippen LogP contribution in [0.3, 0.4) is 0 Å². The van der Waals surface area contributed by atoms with E-state index >= 15 is 0 Å². The Balaban J connectivity index is 0.000000237. The SMILES string of the molecule is CCOC(=O)C1CCCN(c2c(Cl)cncc2Cl)CC1.CCOC(=O)C1CCCNCC1.Clc1cncc(Cl)c1Cl. The van der Waals surface area contributed by atoms with Gasteiger partial charge in [0.05, 0.1) is 55.9 Å². The number of pyridine rings is 2. The van der Waals surface area contributed by atoms with Crippen LogP contribution in [0.1, 0.15) is 52.4 Å². The van der Waals surface area contributed by atoms with Crippen molar-refractivity contribution >= 4 is 75.6 Å². The Hall–Kier alpha value is -1.55. The number of nitrogens with zero attached hydrogens (tertiary/aromatic N) is 3. The Morgan fingerprint density at radius 2 is 1.27 bits per heavy atom. The third kappa shape index (κ3) is 12.3. The molecule has 2 aromatic heterocycles. The molecule has 2 aliphatic rings. The number of carbonyl (C=O) groups excluding carboxylic acids is 2. The molecular formula is C28H37Cl5N4O4. The average Bonchev–Trinajstić information content (AvgIpc) is 3.37. The zero-order chi connectivity index (χ0) is 30.2. The van der Waals surface area contributed by atoms with Gasteiger partial charge < -0.3 is 19.7 Å². The molecule has 1 N–H and O–H groups in total. The summed E-state index contributed by atoms with van der Waals surface area (Å²) in [4.78, 5) is 32.9. The average molecular weight is 671 g/mol. The second kappa shape index (κ2) is 19.6. The molecule has 0 bridgehead atoms. The van der Waals surface area contributed by atoms with Crippen molar-refractivity contribution in [3.05, 3.63) is 49.9 Å². The third-order valence-corrected chi connectivity index (χ3v) is 8.21. The predicted octanol–water partition coefficient (Wildman–Crippen LogP) is 7.54. The van der Waals surface area contributed by atoms with Crippen LogP contribution in [0, 0.1) is 11.8 Å². The van der Waals surface area contributed by atoms with Crippen molar-refractivity contribution in [2.24, 2.45) is 11.8 Å². The fourth-order valence-electron chi connectivity index (χ4n) is 4.43. The highest BCUT2D eigenvalue weighted by Crippen LogP contribution is 2.34. The van der Waals surface area contributed by atoms with Gasteiger partial charge in [-0.2, -0.15) is 0 Å². The number of halogens is 5. The van der Waals surface area contributed by atoms with E-state index in [1.54, 1.807) is 12.4 Å². The quantitative estimate of drug-likeness (QED) is 0.326. The number of rotatable bonds is 5. The maximum Gasteiger partial charge on any atom is 0.308 e. The van der Waals surface area contributed by atoms with Crippen LogP contribution in [0.4, 0.5) is 5.69 Å². The third-order valence-electron chi connectivity index (χ3n) is 6.48. The lowest BCUT2D eigenvalue weighted by atomic mass is 10.0. The van der Waals surface area contributed by atoms with Gasteiger partial charge in [0.2, 0.25) is 0 Å². The molecule has 13 heteroatoms. The topological polar surface area (TPSA) is 93.6 Å². The first-order valence-corrected chi connectivity index (χ1v) is 15.6. The summed E-state index contributed by atoms with van der Waals surface area (Å²) in [6.45, 7) is 8.18. The molecule has 2 atom stereocenters. The number of anilines is 1. The largest absolute Gasteiger partial charge is 0.466 e. The molecule has 0 amide bonds. The van der Waals surface area contributed by atoms with Crippen molar-refractivity contribution in [3.8, 4) is 0 Å². The molecule has 2 unspecified atom stereocenters. The van der Waals surface area contributed by atoms with Crippen LogP contribution in [-0.4, -0.2) is 61.3 Å². The monoisotopic (exact) mass is 668 g/mol. The maximum atomic E-state index is 11.8. The molecule has 0 aromatic carbocycles. The zero-order valence-electron chi connectivity index (χ0n) is 23.3.